The van der Waals surface area contributed by atoms with Crippen LogP contribution in [0.2, 0.25) is 0 Å². The Morgan fingerprint density at radius 1 is 1.19 bits per heavy atom. The summed E-state index contributed by atoms with van der Waals surface area (Å²) in [5, 5.41) is 30.8. The maximum atomic E-state index is 9.30. The van der Waals surface area contributed by atoms with Gasteiger partial charge in [-0.3, -0.25) is 0 Å². The van der Waals surface area contributed by atoms with Crippen LogP contribution in [0, 0.1) is 5.41 Å². The predicted octanol–water partition coefficient (Wildman–Crippen LogP) is 0.960. The SMILES string of the molecule is OCC1(CNCc2ccc(O)c(O)c2)CC1. The molecule has 0 aliphatic heterocycles. The molecule has 1 aromatic rings. The molecular formula is C12H17NO3. The van der Waals surface area contributed by atoms with Gasteiger partial charge in [0.05, 0.1) is 0 Å². The molecule has 0 saturated heterocycles. The Kier molecular flexibility index (Phi) is 3.03. The van der Waals surface area contributed by atoms with Crippen molar-refractivity contribution in [2.45, 2.75) is 19.4 Å². The largest absolute Gasteiger partial charge is 0.504 e. The summed E-state index contributed by atoms with van der Waals surface area (Å²) in [7, 11) is 0. The molecule has 1 fully saturated rings. The molecule has 0 radical (unpaired) electrons. The van der Waals surface area contributed by atoms with E-state index in [0.29, 0.717) is 6.54 Å². The van der Waals surface area contributed by atoms with Gasteiger partial charge in [-0.25, -0.2) is 0 Å². The van der Waals surface area contributed by atoms with Crippen molar-refractivity contribution < 1.29 is 15.3 Å². The molecular weight excluding hydrogens is 206 g/mol. The molecule has 0 bridgehead atoms. The van der Waals surface area contributed by atoms with Gasteiger partial charge < -0.3 is 20.6 Å². The quantitative estimate of drug-likeness (QED) is 0.561. The fraction of sp³-hybridized carbons (Fsp3) is 0.500. The number of benzene rings is 1. The molecule has 4 heteroatoms. The van der Waals surface area contributed by atoms with Gasteiger partial charge in [0.15, 0.2) is 11.5 Å². The van der Waals surface area contributed by atoms with E-state index in [9.17, 15) is 5.11 Å². The van der Waals surface area contributed by atoms with E-state index in [1.54, 1.807) is 12.1 Å². The highest BCUT2D eigenvalue weighted by molar-refractivity contribution is 5.40. The van der Waals surface area contributed by atoms with Crippen LogP contribution in [0.1, 0.15) is 18.4 Å². The Balaban J connectivity index is 1.83. The summed E-state index contributed by atoms with van der Waals surface area (Å²) in [5.41, 5.74) is 1.02. The molecule has 1 aliphatic carbocycles. The van der Waals surface area contributed by atoms with Gasteiger partial charge in [-0.05, 0) is 30.5 Å². The number of hydrogen-bond acceptors (Lipinski definition) is 4. The van der Waals surface area contributed by atoms with Gasteiger partial charge in [-0.1, -0.05) is 6.07 Å². The molecule has 1 aliphatic rings. The van der Waals surface area contributed by atoms with E-state index in [0.717, 1.165) is 24.9 Å². The Labute approximate surface area is 94.5 Å². The Morgan fingerprint density at radius 2 is 1.94 bits per heavy atom. The van der Waals surface area contributed by atoms with Gasteiger partial charge in [0.2, 0.25) is 0 Å². The summed E-state index contributed by atoms with van der Waals surface area (Å²) in [6.45, 7) is 1.67. The Bertz CT molecular complexity index is 375. The highest BCUT2D eigenvalue weighted by Gasteiger charge is 2.41. The first-order chi connectivity index (χ1) is 7.65. The average molecular weight is 223 g/mol. The molecule has 0 amide bonds. The number of aliphatic hydroxyl groups is 1. The summed E-state index contributed by atoms with van der Waals surface area (Å²) in [5.74, 6) is -0.194. The normalized spacial score (nSPS) is 17.3. The Hall–Kier alpha value is -1.26. The monoisotopic (exact) mass is 223 g/mol. The molecule has 0 heterocycles. The topological polar surface area (TPSA) is 72.7 Å². The number of aliphatic hydroxyl groups excluding tert-OH is 1. The second kappa shape index (κ2) is 4.31. The number of phenols is 2. The van der Waals surface area contributed by atoms with Gasteiger partial charge in [0, 0.05) is 25.1 Å². The second-order valence-electron chi connectivity index (χ2n) is 4.58. The lowest BCUT2D eigenvalue weighted by molar-refractivity contribution is 0.207. The molecule has 2 rings (SSSR count). The smallest absolute Gasteiger partial charge is 0.157 e. The fourth-order valence-electron chi connectivity index (χ4n) is 1.72. The highest BCUT2D eigenvalue weighted by atomic mass is 16.3. The first kappa shape index (κ1) is 11.2. The summed E-state index contributed by atoms with van der Waals surface area (Å²) in [6.07, 6.45) is 2.16. The molecule has 1 aromatic carbocycles. The van der Waals surface area contributed by atoms with Gasteiger partial charge in [-0.2, -0.15) is 0 Å². The van der Waals surface area contributed by atoms with E-state index < -0.39 is 0 Å². The minimum atomic E-state index is -0.0993. The van der Waals surface area contributed by atoms with Crippen LogP contribution in [-0.2, 0) is 6.54 Å². The van der Waals surface area contributed by atoms with Crippen molar-refractivity contribution in [2.24, 2.45) is 5.41 Å². The maximum Gasteiger partial charge on any atom is 0.157 e. The Morgan fingerprint density at radius 3 is 2.50 bits per heavy atom. The highest BCUT2D eigenvalue weighted by Crippen LogP contribution is 2.44. The lowest BCUT2D eigenvalue weighted by Gasteiger charge is -2.12. The molecule has 0 spiro atoms. The minimum absolute atomic E-state index is 0.0948. The third kappa shape index (κ3) is 2.46. The summed E-state index contributed by atoms with van der Waals surface area (Å²) in [4.78, 5) is 0. The van der Waals surface area contributed by atoms with Crippen LogP contribution >= 0.6 is 0 Å². The van der Waals surface area contributed by atoms with E-state index in [1.807, 2.05) is 0 Å². The summed E-state index contributed by atoms with van der Waals surface area (Å²) >= 11 is 0. The molecule has 88 valence electrons. The molecule has 0 atom stereocenters. The van der Waals surface area contributed by atoms with Gasteiger partial charge in [-0.15, -0.1) is 0 Å². The fourth-order valence-corrected chi connectivity index (χ4v) is 1.72. The second-order valence-corrected chi connectivity index (χ2v) is 4.58. The number of hydrogen-bond donors (Lipinski definition) is 4. The van der Waals surface area contributed by atoms with Crippen LogP contribution in [-0.4, -0.2) is 28.5 Å². The first-order valence-corrected chi connectivity index (χ1v) is 5.48. The number of phenolic OH excluding ortho intramolecular Hbond substituents is 2. The average Bonchev–Trinajstić information content (AvgIpc) is 3.04. The molecule has 0 unspecified atom stereocenters. The molecule has 4 N–H and O–H groups in total. The predicted molar refractivity (Wildman–Crippen MR) is 60.2 cm³/mol. The van der Waals surface area contributed by atoms with E-state index >= 15 is 0 Å². The van der Waals surface area contributed by atoms with Crippen LogP contribution < -0.4 is 5.32 Å². The lowest BCUT2D eigenvalue weighted by atomic mass is 10.1. The van der Waals surface area contributed by atoms with Crippen molar-refractivity contribution in [1.82, 2.24) is 5.32 Å². The van der Waals surface area contributed by atoms with Crippen LogP contribution in [0.25, 0.3) is 0 Å². The summed E-state index contributed by atoms with van der Waals surface area (Å²) < 4.78 is 0. The third-order valence-corrected chi connectivity index (χ3v) is 3.16. The number of nitrogens with one attached hydrogen (secondary N) is 1. The standard InChI is InChI=1S/C12H17NO3/c14-8-12(3-4-12)7-13-6-9-1-2-10(15)11(16)5-9/h1-2,5,13-16H,3-4,6-8H2. The van der Waals surface area contributed by atoms with Crippen LogP contribution in [0.3, 0.4) is 0 Å². The number of aromatic hydroxyl groups is 2. The molecule has 1 saturated carbocycles. The summed E-state index contributed by atoms with van der Waals surface area (Å²) in [6, 6.07) is 4.78. The van der Waals surface area contributed by atoms with E-state index in [4.69, 9.17) is 10.2 Å². The molecule has 0 aromatic heterocycles. The van der Waals surface area contributed by atoms with E-state index in [-0.39, 0.29) is 23.5 Å². The molecule has 4 nitrogen and oxygen atoms in total. The van der Waals surface area contributed by atoms with Crippen molar-refractivity contribution in [3.05, 3.63) is 23.8 Å². The lowest BCUT2D eigenvalue weighted by Crippen LogP contribution is -2.25. The minimum Gasteiger partial charge on any atom is -0.504 e. The number of rotatable bonds is 5. The maximum absolute atomic E-state index is 9.30. The van der Waals surface area contributed by atoms with Crippen molar-refractivity contribution in [3.63, 3.8) is 0 Å². The van der Waals surface area contributed by atoms with E-state index in [2.05, 4.69) is 5.32 Å². The van der Waals surface area contributed by atoms with Crippen molar-refractivity contribution in [1.29, 1.82) is 0 Å². The third-order valence-electron chi connectivity index (χ3n) is 3.16. The van der Waals surface area contributed by atoms with Gasteiger partial charge in [0.25, 0.3) is 0 Å². The van der Waals surface area contributed by atoms with Crippen LogP contribution in [0.15, 0.2) is 18.2 Å². The van der Waals surface area contributed by atoms with Crippen LogP contribution in [0.5, 0.6) is 11.5 Å². The first-order valence-electron chi connectivity index (χ1n) is 5.48. The van der Waals surface area contributed by atoms with Crippen LogP contribution in [0.4, 0.5) is 0 Å². The molecule has 16 heavy (non-hydrogen) atoms. The van der Waals surface area contributed by atoms with Crippen molar-refractivity contribution in [2.75, 3.05) is 13.2 Å². The van der Waals surface area contributed by atoms with E-state index in [1.165, 1.54) is 6.07 Å². The van der Waals surface area contributed by atoms with Gasteiger partial charge >= 0.3 is 0 Å². The van der Waals surface area contributed by atoms with Crippen molar-refractivity contribution >= 4 is 0 Å². The van der Waals surface area contributed by atoms with Gasteiger partial charge in [0.1, 0.15) is 0 Å². The zero-order valence-corrected chi connectivity index (χ0v) is 9.11. The zero-order valence-electron chi connectivity index (χ0n) is 9.11. The zero-order chi connectivity index (χ0) is 11.6. The van der Waals surface area contributed by atoms with Crippen molar-refractivity contribution in [3.8, 4) is 11.5 Å².